The molecule has 0 radical (unpaired) electrons. The fourth-order valence-electron chi connectivity index (χ4n) is 2.28. The Morgan fingerprint density at radius 3 is 2.74 bits per heavy atom. The van der Waals surface area contributed by atoms with Gasteiger partial charge in [0.15, 0.2) is 5.65 Å². The summed E-state index contributed by atoms with van der Waals surface area (Å²) in [7, 11) is 0. The number of aromatic nitrogens is 4. The van der Waals surface area contributed by atoms with Crippen molar-refractivity contribution >= 4 is 17.1 Å². The summed E-state index contributed by atoms with van der Waals surface area (Å²) in [5, 5.41) is 4.38. The highest BCUT2D eigenvalue weighted by Gasteiger charge is 2.19. The number of nitrogens with zero attached hydrogens (tertiary/aromatic N) is 4. The van der Waals surface area contributed by atoms with Gasteiger partial charge in [-0.25, -0.2) is 14.1 Å². The van der Waals surface area contributed by atoms with Crippen LogP contribution in [0.5, 0.6) is 0 Å². The molecule has 0 spiro atoms. The first-order valence-corrected chi connectivity index (χ1v) is 6.09. The molecule has 0 atom stereocenters. The standard InChI is InChI=1S/C13H14FN5/c1-3-18-12-11(8(2)17-18)16-13(15)19(12)10-7-5-4-6-9(10)14/h4-7H,3H2,1-2H3,(H2,15,16). The van der Waals surface area contributed by atoms with Crippen LogP contribution in [0.4, 0.5) is 10.3 Å². The summed E-state index contributed by atoms with van der Waals surface area (Å²) in [4.78, 5) is 4.29. The van der Waals surface area contributed by atoms with Gasteiger partial charge in [-0.2, -0.15) is 5.10 Å². The molecule has 2 N–H and O–H groups in total. The van der Waals surface area contributed by atoms with E-state index in [4.69, 9.17) is 5.73 Å². The molecule has 0 bridgehead atoms. The summed E-state index contributed by atoms with van der Waals surface area (Å²) in [6.45, 7) is 4.51. The van der Waals surface area contributed by atoms with Crippen molar-refractivity contribution in [2.24, 2.45) is 0 Å². The first-order valence-electron chi connectivity index (χ1n) is 6.09. The molecular weight excluding hydrogens is 245 g/mol. The first-order chi connectivity index (χ1) is 9.13. The van der Waals surface area contributed by atoms with Gasteiger partial charge in [0.2, 0.25) is 5.95 Å². The second kappa shape index (κ2) is 4.08. The van der Waals surface area contributed by atoms with Crippen LogP contribution in [0.3, 0.4) is 0 Å². The molecule has 0 amide bonds. The highest BCUT2D eigenvalue weighted by atomic mass is 19.1. The minimum atomic E-state index is -0.338. The van der Waals surface area contributed by atoms with E-state index in [-0.39, 0.29) is 11.8 Å². The van der Waals surface area contributed by atoms with Crippen LogP contribution in [0, 0.1) is 12.7 Å². The number of imidazole rings is 1. The lowest BCUT2D eigenvalue weighted by atomic mass is 10.3. The number of nitrogen functional groups attached to an aromatic ring is 1. The van der Waals surface area contributed by atoms with E-state index < -0.39 is 0 Å². The predicted octanol–water partition coefficient (Wildman–Crippen LogP) is 2.27. The minimum absolute atomic E-state index is 0.266. The van der Waals surface area contributed by atoms with E-state index in [1.54, 1.807) is 27.4 Å². The molecule has 0 aliphatic carbocycles. The average molecular weight is 259 g/mol. The van der Waals surface area contributed by atoms with E-state index in [0.29, 0.717) is 17.7 Å². The number of hydrogen-bond acceptors (Lipinski definition) is 3. The van der Waals surface area contributed by atoms with Crippen LogP contribution in [0.15, 0.2) is 24.3 Å². The van der Waals surface area contributed by atoms with E-state index in [1.807, 2.05) is 13.8 Å². The minimum Gasteiger partial charge on any atom is -0.369 e. The van der Waals surface area contributed by atoms with Gasteiger partial charge in [-0.3, -0.25) is 4.57 Å². The Kier molecular flexibility index (Phi) is 2.51. The maximum absolute atomic E-state index is 14.0. The molecule has 98 valence electrons. The van der Waals surface area contributed by atoms with Crippen molar-refractivity contribution in [2.45, 2.75) is 20.4 Å². The molecule has 0 aliphatic heterocycles. The smallest absolute Gasteiger partial charge is 0.207 e. The van der Waals surface area contributed by atoms with Crippen LogP contribution in [0.1, 0.15) is 12.6 Å². The molecule has 0 fully saturated rings. The SMILES string of the molecule is CCn1nc(C)c2nc(N)n(-c3ccccc3F)c21. The Morgan fingerprint density at radius 1 is 1.32 bits per heavy atom. The van der Waals surface area contributed by atoms with Crippen molar-refractivity contribution in [1.29, 1.82) is 0 Å². The molecule has 0 aliphatic rings. The fourth-order valence-corrected chi connectivity index (χ4v) is 2.28. The van der Waals surface area contributed by atoms with Crippen molar-refractivity contribution in [3.05, 3.63) is 35.8 Å². The third-order valence-electron chi connectivity index (χ3n) is 3.13. The van der Waals surface area contributed by atoms with Gasteiger partial charge in [0.25, 0.3) is 0 Å². The summed E-state index contributed by atoms with van der Waals surface area (Å²) >= 11 is 0. The Hall–Kier alpha value is -2.37. The number of hydrogen-bond donors (Lipinski definition) is 1. The zero-order chi connectivity index (χ0) is 13.6. The van der Waals surface area contributed by atoms with Crippen LogP contribution in [-0.2, 0) is 6.54 Å². The van der Waals surface area contributed by atoms with E-state index >= 15 is 0 Å². The van der Waals surface area contributed by atoms with Crippen molar-refractivity contribution in [2.75, 3.05) is 5.73 Å². The van der Waals surface area contributed by atoms with Gasteiger partial charge >= 0.3 is 0 Å². The normalized spacial score (nSPS) is 11.3. The number of para-hydroxylation sites is 1. The largest absolute Gasteiger partial charge is 0.369 e. The van der Waals surface area contributed by atoms with E-state index in [1.165, 1.54) is 6.07 Å². The van der Waals surface area contributed by atoms with Crippen molar-refractivity contribution in [1.82, 2.24) is 19.3 Å². The number of aryl methyl sites for hydroxylation is 2. The van der Waals surface area contributed by atoms with E-state index in [9.17, 15) is 4.39 Å². The molecule has 2 aromatic heterocycles. The van der Waals surface area contributed by atoms with E-state index in [0.717, 1.165) is 11.3 Å². The van der Waals surface area contributed by atoms with Crippen molar-refractivity contribution in [3.63, 3.8) is 0 Å². The zero-order valence-corrected chi connectivity index (χ0v) is 10.8. The number of rotatable bonds is 2. The quantitative estimate of drug-likeness (QED) is 0.768. The molecule has 2 heterocycles. The number of benzene rings is 1. The van der Waals surface area contributed by atoms with Crippen LogP contribution >= 0.6 is 0 Å². The van der Waals surface area contributed by atoms with Crippen molar-refractivity contribution in [3.8, 4) is 5.69 Å². The number of nitrogens with two attached hydrogens (primary N) is 1. The molecule has 0 saturated carbocycles. The van der Waals surface area contributed by atoms with Gasteiger partial charge in [0.05, 0.1) is 11.4 Å². The topological polar surface area (TPSA) is 61.7 Å². The molecule has 6 heteroatoms. The lowest BCUT2D eigenvalue weighted by Gasteiger charge is -2.08. The van der Waals surface area contributed by atoms with Gasteiger partial charge in [0, 0.05) is 6.54 Å². The maximum atomic E-state index is 14.0. The second-order valence-corrected chi connectivity index (χ2v) is 4.33. The Balaban J connectivity index is 2.41. The number of halogens is 1. The third kappa shape index (κ3) is 1.60. The summed E-state index contributed by atoms with van der Waals surface area (Å²) in [6, 6.07) is 6.49. The first kappa shape index (κ1) is 11.7. The highest BCUT2D eigenvalue weighted by molar-refractivity contribution is 5.80. The lowest BCUT2D eigenvalue weighted by Crippen LogP contribution is -2.07. The second-order valence-electron chi connectivity index (χ2n) is 4.33. The monoisotopic (exact) mass is 259 g/mol. The molecular formula is C13H14FN5. The molecule has 3 rings (SSSR count). The molecule has 1 aromatic carbocycles. The molecule has 3 aromatic rings. The van der Waals surface area contributed by atoms with Gasteiger partial charge in [-0.15, -0.1) is 0 Å². The molecule has 19 heavy (non-hydrogen) atoms. The van der Waals surface area contributed by atoms with Gasteiger partial charge < -0.3 is 5.73 Å². The fraction of sp³-hybridized carbons (Fsp3) is 0.231. The van der Waals surface area contributed by atoms with Gasteiger partial charge in [-0.05, 0) is 26.0 Å². The summed E-state index contributed by atoms with van der Waals surface area (Å²) in [5.41, 5.74) is 8.55. The third-order valence-corrected chi connectivity index (χ3v) is 3.13. The average Bonchev–Trinajstić information content (AvgIpc) is 2.88. The Labute approximate surface area is 109 Å². The summed E-state index contributed by atoms with van der Waals surface area (Å²) < 4.78 is 17.4. The molecule has 5 nitrogen and oxygen atoms in total. The highest BCUT2D eigenvalue weighted by Crippen LogP contribution is 2.26. The Morgan fingerprint density at radius 2 is 2.05 bits per heavy atom. The van der Waals surface area contributed by atoms with Gasteiger partial charge in [-0.1, -0.05) is 12.1 Å². The lowest BCUT2D eigenvalue weighted by molar-refractivity contribution is 0.615. The number of anilines is 1. The zero-order valence-electron chi connectivity index (χ0n) is 10.8. The summed E-state index contributed by atoms with van der Waals surface area (Å²) in [6.07, 6.45) is 0. The predicted molar refractivity (Wildman–Crippen MR) is 71.6 cm³/mol. The van der Waals surface area contributed by atoms with Crippen LogP contribution in [0.25, 0.3) is 16.9 Å². The van der Waals surface area contributed by atoms with Crippen LogP contribution in [-0.4, -0.2) is 19.3 Å². The summed E-state index contributed by atoms with van der Waals surface area (Å²) in [5.74, 6) is -0.0715. The molecule has 0 saturated heterocycles. The van der Waals surface area contributed by atoms with Gasteiger partial charge in [0.1, 0.15) is 11.3 Å². The van der Waals surface area contributed by atoms with Crippen LogP contribution < -0.4 is 5.73 Å². The molecule has 0 unspecified atom stereocenters. The maximum Gasteiger partial charge on any atom is 0.207 e. The van der Waals surface area contributed by atoms with Crippen LogP contribution in [0.2, 0.25) is 0 Å². The Bertz CT molecular complexity index is 756. The van der Waals surface area contributed by atoms with E-state index in [2.05, 4.69) is 10.1 Å². The number of fused-ring (bicyclic) bond motifs is 1. The van der Waals surface area contributed by atoms with Crippen molar-refractivity contribution < 1.29 is 4.39 Å².